The van der Waals surface area contributed by atoms with E-state index in [2.05, 4.69) is 4.57 Å². The molecule has 0 fully saturated rings. The standard InChI is InChI=1S/C16H14N2O2/c1-12(19)18(20)15-7-8-16-13(11-15)9-10-17(16)14-5-3-2-4-6-14/h2-11,20H,1H3. The number of hydrogen-bond donors (Lipinski definition) is 1. The highest BCUT2D eigenvalue weighted by molar-refractivity contribution is 5.93. The molecule has 0 saturated carbocycles. The third-order valence-corrected chi connectivity index (χ3v) is 3.25. The number of aromatic nitrogens is 1. The first-order valence-corrected chi connectivity index (χ1v) is 6.33. The van der Waals surface area contributed by atoms with Gasteiger partial charge in [-0.15, -0.1) is 0 Å². The van der Waals surface area contributed by atoms with E-state index in [1.165, 1.54) is 6.92 Å². The number of rotatable bonds is 2. The summed E-state index contributed by atoms with van der Waals surface area (Å²) in [7, 11) is 0. The number of fused-ring (bicyclic) bond motifs is 1. The van der Waals surface area contributed by atoms with Crippen molar-refractivity contribution in [2.45, 2.75) is 6.92 Å². The second-order valence-corrected chi connectivity index (χ2v) is 4.60. The lowest BCUT2D eigenvalue weighted by Crippen LogP contribution is -2.23. The van der Waals surface area contributed by atoms with Crippen LogP contribution in [-0.4, -0.2) is 15.7 Å². The Labute approximate surface area is 116 Å². The van der Waals surface area contributed by atoms with Crippen LogP contribution in [0.25, 0.3) is 16.6 Å². The minimum absolute atomic E-state index is 0.410. The van der Waals surface area contributed by atoms with Crippen molar-refractivity contribution in [1.29, 1.82) is 0 Å². The summed E-state index contributed by atoms with van der Waals surface area (Å²) in [5, 5.41) is 11.3. The van der Waals surface area contributed by atoms with Crippen LogP contribution in [0.5, 0.6) is 0 Å². The maximum Gasteiger partial charge on any atom is 0.247 e. The van der Waals surface area contributed by atoms with Gasteiger partial charge in [0.25, 0.3) is 0 Å². The van der Waals surface area contributed by atoms with E-state index in [0.717, 1.165) is 16.6 Å². The molecule has 3 aromatic rings. The summed E-state index contributed by atoms with van der Waals surface area (Å²) in [5.41, 5.74) is 2.57. The molecule has 0 saturated heterocycles. The lowest BCUT2D eigenvalue weighted by atomic mass is 10.2. The number of carbonyl (C=O) groups is 1. The number of hydrogen-bond acceptors (Lipinski definition) is 2. The molecule has 20 heavy (non-hydrogen) atoms. The average Bonchev–Trinajstić information content (AvgIpc) is 2.90. The summed E-state index contributed by atoms with van der Waals surface area (Å²) < 4.78 is 2.06. The van der Waals surface area contributed by atoms with Crippen molar-refractivity contribution in [2.24, 2.45) is 0 Å². The largest absolute Gasteiger partial charge is 0.317 e. The predicted molar refractivity (Wildman–Crippen MR) is 78.2 cm³/mol. The Kier molecular flexibility index (Phi) is 3.00. The summed E-state index contributed by atoms with van der Waals surface area (Å²) in [4.78, 5) is 11.2. The van der Waals surface area contributed by atoms with Gasteiger partial charge in [0, 0.05) is 24.2 Å². The molecule has 4 heteroatoms. The molecule has 0 aliphatic carbocycles. The highest BCUT2D eigenvalue weighted by atomic mass is 16.5. The van der Waals surface area contributed by atoms with Crippen LogP contribution in [0.4, 0.5) is 5.69 Å². The average molecular weight is 266 g/mol. The number of amides is 1. The Morgan fingerprint density at radius 3 is 2.55 bits per heavy atom. The lowest BCUT2D eigenvalue weighted by molar-refractivity contribution is -0.121. The van der Waals surface area contributed by atoms with Crippen LogP contribution in [0, 0.1) is 0 Å². The smallest absolute Gasteiger partial charge is 0.247 e. The molecule has 0 radical (unpaired) electrons. The van der Waals surface area contributed by atoms with Gasteiger partial charge >= 0.3 is 0 Å². The minimum Gasteiger partial charge on any atom is -0.317 e. The molecule has 1 heterocycles. The maximum absolute atomic E-state index is 11.2. The number of hydroxylamine groups is 1. The van der Waals surface area contributed by atoms with Gasteiger partial charge in [0.05, 0.1) is 11.2 Å². The summed E-state index contributed by atoms with van der Waals surface area (Å²) in [5.74, 6) is -0.410. The zero-order valence-electron chi connectivity index (χ0n) is 11.0. The Hall–Kier alpha value is -2.59. The first-order chi connectivity index (χ1) is 9.66. The Bertz CT molecular complexity index is 763. The fraction of sp³-hybridized carbons (Fsp3) is 0.0625. The second-order valence-electron chi connectivity index (χ2n) is 4.60. The molecular formula is C16H14N2O2. The summed E-state index contributed by atoms with van der Waals surface area (Å²) in [6.07, 6.45) is 1.97. The Morgan fingerprint density at radius 2 is 1.85 bits per heavy atom. The molecule has 0 bridgehead atoms. The first-order valence-electron chi connectivity index (χ1n) is 6.33. The fourth-order valence-electron chi connectivity index (χ4n) is 2.26. The van der Waals surface area contributed by atoms with Gasteiger partial charge in [-0.2, -0.15) is 5.06 Å². The summed E-state index contributed by atoms with van der Waals surface area (Å²) in [6.45, 7) is 1.32. The highest BCUT2D eigenvalue weighted by Crippen LogP contribution is 2.25. The quantitative estimate of drug-likeness (QED) is 0.571. The number of anilines is 1. The number of carbonyl (C=O) groups excluding carboxylic acids is 1. The van der Waals surface area contributed by atoms with Crippen LogP contribution in [-0.2, 0) is 4.79 Å². The zero-order chi connectivity index (χ0) is 14.1. The van der Waals surface area contributed by atoms with Crippen LogP contribution in [0.2, 0.25) is 0 Å². The van der Waals surface area contributed by atoms with Gasteiger partial charge in [-0.05, 0) is 36.4 Å². The molecule has 0 aliphatic heterocycles. The van der Waals surface area contributed by atoms with E-state index in [0.29, 0.717) is 10.8 Å². The van der Waals surface area contributed by atoms with Crippen molar-refractivity contribution in [3.8, 4) is 5.69 Å². The van der Waals surface area contributed by atoms with E-state index in [1.54, 1.807) is 12.1 Å². The van der Waals surface area contributed by atoms with Crippen LogP contribution in [0.3, 0.4) is 0 Å². The van der Waals surface area contributed by atoms with Crippen LogP contribution >= 0.6 is 0 Å². The third kappa shape index (κ3) is 2.06. The van der Waals surface area contributed by atoms with Gasteiger partial charge in [-0.25, -0.2) is 0 Å². The zero-order valence-corrected chi connectivity index (χ0v) is 11.0. The predicted octanol–water partition coefficient (Wildman–Crippen LogP) is 3.37. The van der Waals surface area contributed by atoms with Crippen molar-refractivity contribution in [2.75, 3.05) is 5.06 Å². The number of nitrogens with zero attached hydrogens (tertiary/aromatic N) is 2. The molecular weight excluding hydrogens is 252 g/mol. The first kappa shape index (κ1) is 12.4. The van der Waals surface area contributed by atoms with Gasteiger partial charge in [0.1, 0.15) is 0 Å². The van der Waals surface area contributed by atoms with Crippen molar-refractivity contribution in [3.05, 3.63) is 60.8 Å². The Balaban J connectivity index is 2.09. The second kappa shape index (κ2) is 4.83. The molecule has 0 atom stereocenters. The van der Waals surface area contributed by atoms with Crippen molar-refractivity contribution >= 4 is 22.5 Å². The van der Waals surface area contributed by atoms with E-state index in [-0.39, 0.29) is 0 Å². The lowest BCUT2D eigenvalue weighted by Gasteiger charge is -2.13. The molecule has 0 unspecified atom stereocenters. The van der Waals surface area contributed by atoms with Gasteiger partial charge < -0.3 is 4.57 Å². The molecule has 4 nitrogen and oxygen atoms in total. The molecule has 2 aromatic carbocycles. The van der Waals surface area contributed by atoms with Crippen LogP contribution < -0.4 is 5.06 Å². The number of benzene rings is 2. The molecule has 0 spiro atoms. The van der Waals surface area contributed by atoms with Gasteiger partial charge in [-0.1, -0.05) is 18.2 Å². The van der Waals surface area contributed by atoms with Gasteiger partial charge in [0.15, 0.2) is 0 Å². The molecule has 0 aliphatic rings. The third-order valence-electron chi connectivity index (χ3n) is 3.25. The van der Waals surface area contributed by atoms with E-state index in [9.17, 15) is 10.0 Å². The highest BCUT2D eigenvalue weighted by Gasteiger charge is 2.10. The summed E-state index contributed by atoms with van der Waals surface area (Å²) >= 11 is 0. The van der Waals surface area contributed by atoms with E-state index in [4.69, 9.17) is 0 Å². The number of para-hydroxylation sites is 1. The maximum atomic E-state index is 11.2. The van der Waals surface area contributed by atoms with E-state index >= 15 is 0 Å². The van der Waals surface area contributed by atoms with Crippen molar-refractivity contribution in [1.82, 2.24) is 4.57 Å². The molecule has 1 amide bonds. The van der Waals surface area contributed by atoms with Gasteiger partial charge in [-0.3, -0.25) is 10.0 Å². The Morgan fingerprint density at radius 1 is 1.10 bits per heavy atom. The molecule has 1 N–H and O–H groups in total. The van der Waals surface area contributed by atoms with E-state index < -0.39 is 5.91 Å². The van der Waals surface area contributed by atoms with Crippen LogP contribution in [0.1, 0.15) is 6.92 Å². The fourth-order valence-corrected chi connectivity index (χ4v) is 2.26. The normalized spacial score (nSPS) is 10.7. The molecule has 3 rings (SSSR count). The monoisotopic (exact) mass is 266 g/mol. The topological polar surface area (TPSA) is 45.5 Å². The minimum atomic E-state index is -0.410. The van der Waals surface area contributed by atoms with Crippen molar-refractivity contribution in [3.63, 3.8) is 0 Å². The van der Waals surface area contributed by atoms with Crippen molar-refractivity contribution < 1.29 is 10.0 Å². The summed E-state index contributed by atoms with van der Waals surface area (Å²) in [6, 6.07) is 17.4. The van der Waals surface area contributed by atoms with Crippen LogP contribution in [0.15, 0.2) is 60.8 Å². The van der Waals surface area contributed by atoms with Gasteiger partial charge in [0.2, 0.25) is 5.91 Å². The molecule has 1 aromatic heterocycles. The molecule has 100 valence electrons. The van der Waals surface area contributed by atoms with E-state index in [1.807, 2.05) is 48.7 Å². The SMILES string of the molecule is CC(=O)N(O)c1ccc2c(ccn2-c2ccccc2)c1.